The summed E-state index contributed by atoms with van der Waals surface area (Å²) < 4.78 is 0. The summed E-state index contributed by atoms with van der Waals surface area (Å²) in [5.74, 6) is 0.919. The topological polar surface area (TPSA) is 42.8 Å². The summed E-state index contributed by atoms with van der Waals surface area (Å²) >= 11 is 0. The molecule has 0 amide bonds. The van der Waals surface area contributed by atoms with Crippen LogP contribution in [0.3, 0.4) is 0 Å². The van der Waals surface area contributed by atoms with E-state index in [2.05, 4.69) is 21.8 Å². The van der Waals surface area contributed by atoms with Gasteiger partial charge in [0.15, 0.2) is 0 Å². The maximum absolute atomic E-state index is 10.2. The van der Waals surface area contributed by atoms with Crippen LogP contribution in [0.1, 0.15) is 5.69 Å². The summed E-state index contributed by atoms with van der Waals surface area (Å²) in [6, 6.07) is 5.97. The van der Waals surface area contributed by atoms with Gasteiger partial charge in [-0.05, 0) is 26.1 Å². The van der Waals surface area contributed by atoms with Crippen LogP contribution < -0.4 is 4.90 Å². The molecule has 1 fully saturated rings. The van der Waals surface area contributed by atoms with Crippen molar-refractivity contribution in [3.8, 4) is 0 Å². The molecular formula is C15H26N4O. The summed E-state index contributed by atoms with van der Waals surface area (Å²) in [7, 11) is 4.12. The number of hydrogen-bond acceptors (Lipinski definition) is 5. The Kier molecular flexibility index (Phi) is 5.34. The number of likely N-dealkylation sites (N-methyl/N-ethyl adjacent to an activating group) is 2. The predicted octanol–water partition coefficient (Wildman–Crippen LogP) is 0.435. The van der Waals surface area contributed by atoms with E-state index in [9.17, 15) is 5.11 Å². The van der Waals surface area contributed by atoms with Crippen LogP contribution in [0.5, 0.6) is 0 Å². The van der Waals surface area contributed by atoms with Gasteiger partial charge in [0.1, 0.15) is 5.82 Å². The first-order valence-corrected chi connectivity index (χ1v) is 7.28. The van der Waals surface area contributed by atoms with Gasteiger partial charge < -0.3 is 14.9 Å². The second-order valence-electron chi connectivity index (χ2n) is 5.78. The van der Waals surface area contributed by atoms with Crippen LogP contribution in [-0.2, 0) is 0 Å². The number of nitrogens with zero attached hydrogens (tertiary/aromatic N) is 4. The molecular weight excluding hydrogens is 252 g/mol. The molecule has 1 aromatic heterocycles. The molecule has 20 heavy (non-hydrogen) atoms. The molecule has 1 atom stereocenters. The van der Waals surface area contributed by atoms with Crippen LogP contribution >= 0.6 is 0 Å². The lowest BCUT2D eigenvalue weighted by Crippen LogP contribution is -2.48. The first kappa shape index (κ1) is 15.2. The van der Waals surface area contributed by atoms with Crippen molar-refractivity contribution in [2.24, 2.45) is 0 Å². The fourth-order valence-electron chi connectivity index (χ4n) is 2.54. The second kappa shape index (κ2) is 7.02. The number of aliphatic hydroxyl groups is 1. The minimum Gasteiger partial charge on any atom is -0.390 e. The van der Waals surface area contributed by atoms with Crippen molar-refractivity contribution in [2.75, 3.05) is 58.3 Å². The average molecular weight is 278 g/mol. The van der Waals surface area contributed by atoms with Crippen molar-refractivity contribution >= 4 is 5.82 Å². The van der Waals surface area contributed by atoms with E-state index in [-0.39, 0.29) is 6.10 Å². The van der Waals surface area contributed by atoms with Gasteiger partial charge in [-0.25, -0.2) is 4.98 Å². The Balaban J connectivity index is 1.80. The smallest absolute Gasteiger partial charge is 0.128 e. The summed E-state index contributed by atoms with van der Waals surface area (Å²) in [5, 5.41) is 10.2. The van der Waals surface area contributed by atoms with Crippen molar-refractivity contribution in [1.29, 1.82) is 0 Å². The van der Waals surface area contributed by atoms with Gasteiger partial charge in [-0.1, -0.05) is 6.07 Å². The number of aromatic nitrogens is 1. The summed E-state index contributed by atoms with van der Waals surface area (Å²) in [6.45, 7) is 7.59. The second-order valence-corrected chi connectivity index (χ2v) is 5.78. The molecule has 0 aliphatic carbocycles. The highest BCUT2D eigenvalue weighted by molar-refractivity contribution is 5.38. The van der Waals surface area contributed by atoms with Gasteiger partial charge in [0.25, 0.3) is 0 Å². The average Bonchev–Trinajstić information content (AvgIpc) is 2.41. The van der Waals surface area contributed by atoms with Gasteiger partial charge in [0, 0.05) is 52.0 Å². The Hall–Kier alpha value is -1.17. The van der Waals surface area contributed by atoms with Crippen molar-refractivity contribution in [3.05, 3.63) is 23.9 Å². The van der Waals surface area contributed by atoms with Gasteiger partial charge in [0.05, 0.1) is 6.10 Å². The highest BCUT2D eigenvalue weighted by Crippen LogP contribution is 2.10. The SMILES string of the molecule is Cc1cccc(N(C)CC(O)CN2CCN(C)CC2)n1. The normalized spacial score (nSPS) is 19.0. The quantitative estimate of drug-likeness (QED) is 0.846. The molecule has 1 aliphatic rings. The molecule has 0 radical (unpaired) electrons. The van der Waals surface area contributed by atoms with E-state index in [1.165, 1.54) is 0 Å². The van der Waals surface area contributed by atoms with E-state index < -0.39 is 0 Å². The summed E-state index contributed by atoms with van der Waals surface area (Å²) in [6.07, 6.45) is -0.342. The summed E-state index contributed by atoms with van der Waals surface area (Å²) in [5.41, 5.74) is 1.00. The Bertz CT molecular complexity index is 418. The Morgan fingerprint density at radius 2 is 2.00 bits per heavy atom. The third-order valence-electron chi connectivity index (χ3n) is 3.81. The molecule has 1 N–H and O–H groups in total. The molecule has 1 aromatic rings. The van der Waals surface area contributed by atoms with Gasteiger partial charge in [-0.3, -0.25) is 4.90 Å². The minimum absolute atomic E-state index is 0.342. The van der Waals surface area contributed by atoms with Gasteiger partial charge in [0.2, 0.25) is 0 Å². The molecule has 1 saturated heterocycles. The first-order chi connectivity index (χ1) is 9.54. The monoisotopic (exact) mass is 278 g/mol. The number of aryl methyl sites for hydroxylation is 1. The molecule has 1 unspecified atom stereocenters. The molecule has 0 spiro atoms. The highest BCUT2D eigenvalue weighted by atomic mass is 16.3. The molecule has 1 aliphatic heterocycles. The van der Waals surface area contributed by atoms with Gasteiger partial charge in [-0.15, -0.1) is 0 Å². The third kappa shape index (κ3) is 4.44. The first-order valence-electron chi connectivity index (χ1n) is 7.28. The number of aliphatic hydroxyl groups excluding tert-OH is 1. The van der Waals surface area contributed by atoms with Crippen molar-refractivity contribution < 1.29 is 5.11 Å². The zero-order chi connectivity index (χ0) is 14.5. The lowest BCUT2D eigenvalue weighted by molar-refractivity contribution is 0.0842. The number of piperazine rings is 1. The van der Waals surface area contributed by atoms with Crippen LogP contribution in [0.4, 0.5) is 5.82 Å². The number of hydrogen-bond donors (Lipinski definition) is 1. The highest BCUT2D eigenvalue weighted by Gasteiger charge is 2.18. The van der Waals surface area contributed by atoms with Crippen molar-refractivity contribution in [1.82, 2.24) is 14.8 Å². The van der Waals surface area contributed by atoms with Crippen molar-refractivity contribution in [3.63, 3.8) is 0 Å². The van der Waals surface area contributed by atoms with Crippen LogP contribution in [0.25, 0.3) is 0 Å². The number of β-amino-alcohol motifs (C(OH)–C–C–N with tert-alkyl or cyclic N) is 1. The third-order valence-corrected chi connectivity index (χ3v) is 3.81. The van der Waals surface area contributed by atoms with E-state index >= 15 is 0 Å². The summed E-state index contributed by atoms with van der Waals surface area (Å²) in [4.78, 5) is 11.2. The number of pyridine rings is 1. The Morgan fingerprint density at radius 1 is 1.30 bits per heavy atom. The maximum atomic E-state index is 10.2. The molecule has 0 bridgehead atoms. The fourth-order valence-corrected chi connectivity index (χ4v) is 2.54. The minimum atomic E-state index is -0.342. The molecule has 112 valence electrons. The molecule has 0 aromatic carbocycles. The lowest BCUT2D eigenvalue weighted by Gasteiger charge is -2.34. The Labute approximate surface area is 121 Å². The fraction of sp³-hybridized carbons (Fsp3) is 0.667. The van der Waals surface area contributed by atoms with E-state index in [0.29, 0.717) is 6.54 Å². The van der Waals surface area contributed by atoms with E-state index in [4.69, 9.17) is 0 Å². The zero-order valence-electron chi connectivity index (χ0n) is 12.8. The van der Waals surface area contributed by atoms with Gasteiger partial charge in [-0.2, -0.15) is 0 Å². The zero-order valence-corrected chi connectivity index (χ0v) is 12.8. The van der Waals surface area contributed by atoms with Crippen molar-refractivity contribution in [2.45, 2.75) is 13.0 Å². The predicted molar refractivity (Wildman–Crippen MR) is 82.2 cm³/mol. The molecule has 5 nitrogen and oxygen atoms in total. The van der Waals surface area contributed by atoms with Crippen LogP contribution in [-0.4, -0.2) is 79.4 Å². The Morgan fingerprint density at radius 3 is 2.65 bits per heavy atom. The number of anilines is 1. The maximum Gasteiger partial charge on any atom is 0.128 e. The van der Waals surface area contributed by atoms with Crippen LogP contribution in [0, 0.1) is 6.92 Å². The van der Waals surface area contributed by atoms with Crippen LogP contribution in [0.2, 0.25) is 0 Å². The standard InChI is InChI=1S/C15H26N4O/c1-13-5-4-6-15(16-13)18(3)11-14(20)12-19-9-7-17(2)8-10-19/h4-6,14,20H,7-12H2,1-3H3. The van der Waals surface area contributed by atoms with Crippen LogP contribution in [0.15, 0.2) is 18.2 Å². The largest absolute Gasteiger partial charge is 0.390 e. The molecule has 2 rings (SSSR count). The van der Waals surface area contributed by atoms with E-state index in [0.717, 1.165) is 44.2 Å². The van der Waals surface area contributed by atoms with E-state index in [1.807, 2.05) is 37.1 Å². The lowest BCUT2D eigenvalue weighted by atomic mass is 10.2. The molecule has 2 heterocycles. The molecule has 0 saturated carbocycles. The van der Waals surface area contributed by atoms with Gasteiger partial charge >= 0.3 is 0 Å². The number of rotatable bonds is 5. The van der Waals surface area contributed by atoms with E-state index in [1.54, 1.807) is 0 Å². The molecule has 5 heteroatoms.